The van der Waals surface area contributed by atoms with Crippen molar-refractivity contribution in [3.63, 3.8) is 0 Å². The smallest absolute Gasteiger partial charge is 0.328 e. The number of esters is 1. The molecule has 0 saturated carbocycles. The summed E-state index contributed by atoms with van der Waals surface area (Å²) < 4.78 is 14.3. The van der Waals surface area contributed by atoms with Gasteiger partial charge in [-0.15, -0.1) is 0 Å². The van der Waals surface area contributed by atoms with E-state index in [1.807, 2.05) is 48.7 Å². The van der Waals surface area contributed by atoms with Gasteiger partial charge >= 0.3 is 5.97 Å². The van der Waals surface area contributed by atoms with Gasteiger partial charge in [-0.05, 0) is 61.8 Å². The van der Waals surface area contributed by atoms with Crippen LogP contribution in [0.25, 0.3) is 10.2 Å². The lowest BCUT2D eigenvalue weighted by molar-refractivity contribution is -0.144. The molecule has 3 aromatic rings. The van der Waals surface area contributed by atoms with E-state index in [-0.39, 0.29) is 16.9 Å². The number of aryl methyl sites for hydroxylation is 1. The minimum absolute atomic E-state index is 0.0659. The van der Waals surface area contributed by atoms with Crippen molar-refractivity contribution in [2.75, 3.05) is 7.11 Å². The fraction of sp³-hybridized carbons (Fsp3) is 0.423. The van der Waals surface area contributed by atoms with E-state index >= 15 is 0 Å². The Balaban J connectivity index is 2.17. The van der Waals surface area contributed by atoms with E-state index in [0.29, 0.717) is 16.8 Å². The topological polar surface area (TPSA) is 69.9 Å². The lowest BCUT2D eigenvalue weighted by Gasteiger charge is -2.36. The van der Waals surface area contributed by atoms with Crippen LogP contribution in [0.1, 0.15) is 56.1 Å². The molecule has 0 aliphatic heterocycles. The van der Waals surface area contributed by atoms with Crippen LogP contribution in [0.3, 0.4) is 0 Å². The Morgan fingerprint density at radius 3 is 2.32 bits per heavy atom. The third-order valence-electron chi connectivity index (χ3n) is 6.44. The van der Waals surface area contributed by atoms with Crippen LogP contribution in [0.15, 0.2) is 47.5 Å². The predicted octanol–water partition coefficient (Wildman–Crippen LogP) is 6.26. The summed E-state index contributed by atoms with van der Waals surface area (Å²) in [6.45, 7) is 14.9. The summed E-state index contributed by atoms with van der Waals surface area (Å²) in [5.74, 6) is 0.0702. The average Bonchev–Trinajstić information content (AvgIpc) is 3.10. The summed E-state index contributed by atoms with van der Waals surface area (Å²) in [4.78, 5) is 30.5. The summed E-state index contributed by atoms with van der Waals surface area (Å²) in [5, 5.41) is 0.0659. The second kappa shape index (κ2) is 9.88. The molecule has 0 bridgehead atoms. The number of hydrogen-bond acceptors (Lipinski definition) is 5. The highest BCUT2D eigenvalue weighted by atomic mass is 32.1. The number of carbonyl (C=O) groups is 2. The van der Waals surface area contributed by atoms with E-state index in [9.17, 15) is 9.59 Å². The van der Waals surface area contributed by atoms with E-state index < -0.39 is 14.4 Å². The van der Waals surface area contributed by atoms with Crippen LogP contribution >= 0.6 is 11.3 Å². The van der Waals surface area contributed by atoms with Crippen LogP contribution in [0.2, 0.25) is 18.1 Å². The van der Waals surface area contributed by atoms with Crippen molar-refractivity contribution >= 4 is 41.7 Å². The molecule has 2 aromatic carbocycles. The van der Waals surface area contributed by atoms with Gasteiger partial charge in [-0.2, -0.15) is 4.99 Å². The molecule has 1 amide bonds. The first-order valence-corrected chi connectivity index (χ1v) is 15.2. The number of methoxy groups -OCH3 is 1. The lowest BCUT2D eigenvalue weighted by Crippen LogP contribution is -2.43. The Bertz CT molecular complexity index is 1270. The van der Waals surface area contributed by atoms with Crippen molar-refractivity contribution in [1.29, 1.82) is 0 Å². The maximum atomic E-state index is 13.0. The second-order valence-electron chi connectivity index (χ2n) is 9.98. The molecule has 0 aliphatic rings. The fourth-order valence-electron chi connectivity index (χ4n) is 3.35. The Kier molecular flexibility index (Phi) is 7.52. The SMILES string of the molecule is CCC(C(=O)OC)n1/c(=N/C(=O)c2ccc(C)cc2)sc2cc(O[Si](C)(C)C(C)(C)C)ccc21. The number of nitrogens with zero attached hydrogens (tertiary/aromatic N) is 2. The third kappa shape index (κ3) is 5.33. The number of thiazole rings is 1. The van der Waals surface area contributed by atoms with Crippen molar-refractivity contribution in [1.82, 2.24) is 4.57 Å². The van der Waals surface area contributed by atoms with Gasteiger partial charge in [0, 0.05) is 5.56 Å². The molecule has 0 aliphatic carbocycles. The Labute approximate surface area is 206 Å². The molecule has 0 N–H and O–H groups in total. The molecule has 182 valence electrons. The van der Waals surface area contributed by atoms with Crippen molar-refractivity contribution in [3.05, 3.63) is 58.4 Å². The lowest BCUT2D eigenvalue weighted by atomic mass is 10.1. The maximum Gasteiger partial charge on any atom is 0.328 e. The summed E-state index contributed by atoms with van der Waals surface area (Å²) in [6, 6.07) is 12.6. The van der Waals surface area contributed by atoms with Crippen molar-refractivity contribution < 1.29 is 18.8 Å². The van der Waals surface area contributed by atoms with Crippen LogP contribution in [0.4, 0.5) is 0 Å². The normalized spacial score (nSPS) is 13.7. The minimum Gasteiger partial charge on any atom is -0.543 e. The van der Waals surface area contributed by atoms with Crippen LogP contribution in [0, 0.1) is 6.92 Å². The first-order chi connectivity index (χ1) is 15.9. The monoisotopic (exact) mass is 498 g/mol. The van der Waals surface area contributed by atoms with Gasteiger partial charge in [0.1, 0.15) is 11.8 Å². The molecule has 0 saturated heterocycles. The van der Waals surface area contributed by atoms with Gasteiger partial charge in [0.2, 0.25) is 8.32 Å². The number of rotatable bonds is 6. The Hall–Kier alpha value is -2.71. The Morgan fingerprint density at radius 1 is 1.12 bits per heavy atom. The molecule has 0 spiro atoms. The number of benzene rings is 2. The fourth-order valence-corrected chi connectivity index (χ4v) is 5.47. The molecule has 8 heteroatoms. The number of fused-ring (bicyclic) bond motifs is 1. The minimum atomic E-state index is -2.02. The largest absolute Gasteiger partial charge is 0.543 e. The van der Waals surface area contributed by atoms with Gasteiger partial charge in [-0.3, -0.25) is 4.79 Å². The zero-order chi connectivity index (χ0) is 25.3. The van der Waals surface area contributed by atoms with Crippen LogP contribution in [0.5, 0.6) is 5.75 Å². The van der Waals surface area contributed by atoms with Gasteiger partial charge < -0.3 is 13.7 Å². The first-order valence-electron chi connectivity index (χ1n) is 11.5. The third-order valence-corrected chi connectivity index (χ3v) is 11.8. The molecule has 0 radical (unpaired) electrons. The van der Waals surface area contributed by atoms with Gasteiger partial charge in [-0.1, -0.05) is 56.7 Å². The molecule has 1 heterocycles. The van der Waals surface area contributed by atoms with Gasteiger partial charge in [0.25, 0.3) is 5.91 Å². The molecule has 34 heavy (non-hydrogen) atoms. The van der Waals surface area contributed by atoms with E-state index in [1.54, 1.807) is 12.1 Å². The Morgan fingerprint density at radius 2 is 1.76 bits per heavy atom. The number of hydrogen-bond donors (Lipinski definition) is 0. The van der Waals surface area contributed by atoms with E-state index in [1.165, 1.54) is 18.4 Å². The number of amides is 1. The zero-order valence-electron chi connectivity index (χ0n) is 21.3. The highest BCUT2D eigenvalue weighted by molar-refractivity contribution is 7.16. The van der Waals surface area contributed by atoms with Gasteiger partial charge in [-0.25, -0.2) is 4.79 Å². The summed E-state index contributed by atoms with van der Waals surface area (Å²) in [7, 11) is -0.647. The van der Waals surface area contributed by atoms with E-state index in [4.69, 9.17) is 9.16 Å². The zero-order valence-corrected chi connectivity index (χ0v) is 23.1. The van der Waals surface area contributed by atoms with Crippen molar-refractivity contribution in [3.8, 4) is 5.75 Å². The molecule has 3 rings (SSSR count). The highest BCUT2D eigenvalue weighted by Crippen LogP contribution is 2.38. The summed E-state index contributed by atoms with van der Waals surface area (Å²) in [5.41, 5.74) is 2.39. The van der Waals surface area contributed by atoms with Crippen molar-refractivity contribution in [2.24, 2.45) is 4.99 Å². The highest BCUT2D eigenvalue weighted by Gasteiger charge is 2.39. The van der Waals surface area contributed by atoms with E-state index in [0.717, 1.165) is 21.5 Å². The average molecular weight is 499 g/mol. The number of ether oxygens (including phenoxy) is 1. The molecule has 1 unspecified atom stereocenters. The molecule has 1 atom stereocenters. The molecule has 0 fully saturated rings. The number of aromatic nitrogens is 1. The molecular formula is C26H34N2O4SSi. The van der Waals surface area contributed by atoms with Gasteiger partial charge in [0.15, 0.2) is 4.80 Å². The van der Waals surface area contributed by atoms with Crippen LogP contribution in [-0.2, 0) is 9.53 Å². The summed E-state index contributed by atoms with van der Waals surface area (Å²) in [6.07, 6.45) is 0.507. The second-order valence-corrected chi connectivity index (χ2v) is 15.7. The summed E-state index contributed by atoms with van der Waals surface area (Å²) >= 11 is 1.37. The van der Waals surface area contributed by atoms with Gasteiger partial charge in [0.05, 0.1) is 17.3 Å². The number of carbonyl (C=O) groups excluding carboxylic acids is 2. The molecule has 6 nitrogen and oxygen atoms in total. The van der Waals surface area contributed by atoms with Crippen molar-refractivity contribution in [2.45, 2.75) is 65.2 Å². The van der Waals surface area contributed by atoms with E-state index in [2.05, 4.69) is 38.9 Å². The molecular weight excluding hydrogens is 464 g/mol. The standard InChI is InChI=1S/C26H34N2O4SSi/c1-9-20(24(30)31-6)28-21-15-14-19(32-34(7,8)26(3,4)5)16-22(21)33-25(28)27-23(29)18-12-10-17(2)11-13-18/h10-16,20H,9H2,1-8H3/b27-25-. The quantitative estimate of drug-likeness (QED) is 0.297. The molecule has 1 aromatic heterocycles. The van der Waals surface area contributed by atoms with Crippen LogP contribution in [-0.4, -0.2) is 31.9 Å². The predicted molar refractivity (Wildman–Crippen MR) is 140 cm³/mol. The maximum absolute atomic E-state index is 13.0. The van der Waals surface area contributed by atoms with Crippen LogP contribution < -0.4 is 9.23 Å². The first kappa shape index (κ1) is 25.9.